The number of fused-ring (bicyclic) bond motifs is 1. The number of phenolic OH excluding ortho intramolecular Hbond substituents is 1. The maximum absolute atomic E-state index is 11.4. The Bertz CT molecular complexity index is 1360. The van der Waals surface area contributed by atoms with Gasteiger partial charge in [-0.15, -0.1) is 0 Å². The van der Waals surface area contributed by atoms with Crippen molar-refractivity contribution in [3.05, 3.63) is 41.6 Å². The van der Waals surface area contributed by atoms with Gasteiger partial charge in [0.25, 0.3) is 0 Å². The molecule has 0 unspecified atom stereocenters. The number of hydrogen-bond acceptors (Lipinski definition) is 8. The molecule has 1 aliphatic carbocycles. The molecular weight excluding hydrogens is 556 g/mol. The van der Waals surface area contributed by atoms with E-state index in [0.29, 0.717) is 23.8 Å². The maximum atomic E-state index is 11.4. The first-order valence-electron chi connectivity index (χ1n) is 16.8. The summed E-state index contributed by atoms with van der Waals surface area (Å²) in [5.41, 5.74) is 6.00. The largest absolute Gasteiger partial charge is 0.507 e. The Morgan fingerprint density at radius 1 is 0.977 bits per heavy atom. The predicted molar refractivity (Wildman–Crippen MR) is 173 cm³/mol. The zero-order valence-electron chi connectivity index (χ0n) is 26.6. The van der Waals surface area contributed by atoms with Crippen molar-refractivity contribution in [2.45, 2.75) is 51.9 Å². The van der Waals surface area contributed by atoms with Gasteiger partial charge < -0.3 is 29.0 Å². The van der Waals surface area contributed by atoms with Crippen LogP contribution in [0.3, 0.4) is 0 Å². The molecule has 2 aliphatic heterocycles. The SMILES string of the molecule is CCc1nn2c(-c3c(O)cc(CCCOCCN4CCOCC4)cc3OC)cccc2c1N(CC1CCOCC1)CC1CC1. The van der Waals surface area contributed by atoms with Gasteiger partial charge >= 0.3 is 0 Å². The molecule has 44 heavy (non-hydrogen) atoms. The molecule has 0 amide bonds. The van der Waals surface area contributed by atoms with Crippen molar-refractivity contribution in [1.82, 2.24) is 14.5 Å². The highest BCUT2D eigenvalue weighted by Crippen LogP contribution is 2.42. The number of aryl methyl sites for hydroxylation is 2. The summed E-state index contributed by atoms with van der Waals surface area (Å²) in [5.74, 6) is 2.28. The summed E-state index contributed by atoms with van der Waals surface area (Å²) in [6.07, 6.45) is 7.40. The molecule has 0 spiro atoms. The van der Waals surface area contributed by atoms with Crippen LogP contribution in [0, 0.1) is 11.8 Å². The first-order valence-corrected chi connectivity index (χ1v) is 16.8. The number of ether oxygens (including phenoxy) is 4. The van der Waals surface area contributed by atoms with E-state index < -0.39 is 0 Å². The van der Waals surface area contributed by atoms with Crippen molar-refractivity contribution in [2.75, 3.05) is 84.4 Å². The van der Waals surface area contributed by atoms with E-state index in [2.05, 4.69) is 34.9 Å². The Morgan fingerprint density at radius 3 is 2.45 bits per heavy atom. The Morgan fingerprint density at radius 2 is 1.73 bits per heavy atom. The molecule has 6 rings (SSSR count). The van der Waals surface area contributed by atoms with Crippen molar-refractivity contribution in [2.24, 2.45) is 11.8 Å². The molecule has 240 valence electrons. The lowest BCUT2D eigenvalue weighted by atomic mass is 9.99. The number of rotatable bonds is 15. The van der Waals surface area contributed by atoms with E-state index in [0.717, 1.165) is 126 Å². The number of pyridine rings is 1. The molecule has 2 saturated heterocycles. The van der Waals surface area contributed by atoms with E-state index in [9.17, 15) is 5.11 Å². The van der Waals surface area contributed by atoms with Crippen LogP contribution in [0.25, 0.3) is 16.8 Å². The van der Waals surface area contributed by atoms with E-state index in [1.807, 2.05) is 16.6 Å². The molecule has 9 heteroatoms. The summed E-state index contributed by atoms with van der Waals surface area (Å²) in [5, 5.41) is 16.6. The zero-order valence-corrected chi connectivity index (χ0v) is 26.6. The summed E-state index contributed by atoms with van der Waals surface area (Å²) < 4.78 is 24.9. The van der Waals surface area contributed by atoms with E-state index in [1.165, 1.54) is 18.5 Å². The Kier molecular flexibility index (Phi) is 10.6. The second-order valence-corrected chi connectivity index (χ2v) is 12.6. The Hall–Kier alpha value is -2.85. The van der Waals surface area contributed by atoms with Gasteiger partial charge in [0.15, 0.2) is 0 Å². The standard InChI is InChI=1S/C35H50N4O5/c1-3-29-35(38(24-26-9-10-26)25-27-11-17-43-18-12-27)31-8-4-7-30(39(31)36-29)34-32(40)22-28(23-33(34)41-2)6-5-16-42-19-13-37-14-20-44-21-15-37/h4,7-8,22-23,26-27,40H,3,5-6,9-21,24-25H2,1-2H3. The monoisotopic (exact) mass is 606 g/mol. The van der Waals surface area contributed by atoms with Crippen molar-refractivity contribution >= 4 is 11.2 Å². The molecule has 0 radical (unpaired) electrons. The third kappa shape index (κ3) is 7.50. The number of hydrogen-bond donors (Lipinski definition) is 1. The smallest absolute Gasteiger partial charge is 0.132 e. The lowest BCUT2D eigenvalue weighted by Gasteiger charge is -2.31. The molecule has 0 atom stereocenters. The van der Waals surface area contributed by atoms with E-state index in [4.69, 9.17) is 24.0 Å². The number of phenols is 1. The van der Waals surface area contributed by atoms with E-state index >= 15 is 0 Å². The Labute approximate surface area is 262 Å². The summed E-state index contributed by atoms with van der Waals surface area (Å²) in [4.78, 5) is 5.00. The van der Waals surface area contributed by atoms with Gasteiger partial charge in [-0.05, 0) is 86.6 Å². The van der Waals surface area contributed by atoms with Gasteiger partial charge in [-0.25, -0.2) is 4.52 Å². The van der Waals surface area contributed by atoms with Crippen LogP contribution in [0.5, 0.6) is 11.5 Å². The minimum absolute atomic E-state index is 0.215. The van der Waals surface area contributed by atoms with Crippen LogP contribution in [0.1, 0.15) is 50.3 Å². The van der Waals surface area contributed by atoms with Crippen molar-refractivity contribution < 1.29 is 24.1 Å². The fourth-order valence-electron chi connectivity index (χ4n) is 6.70. The number of anilines is 1. The highest BCUT2D eigenvalue weighted by molar-refractivity contribution is 5.82. The fraction of sp³-hybridized carbons (Fsp3) is 0.629. The molecule has 1 aromatic carbocycles. The van der Waals surface area contributed by atoms with Gasteiger partial charge in [0.1, 0.15) is 11.5 Å². The zero-order chi connectivity index (χ0) is 30.3. The van der Waals surface area contributed by atoms with Crippen LogP contribution in [0.2, 0.25) is 0 Å². The van der Waals surface area contributed by atoms with E-state index in [-0.39, 0.29) is 5.75 Å². The van der Waals surface area contributed by atoms with Gasteiger partial charge in [0.05, 0.1) is 55.1 Å². The van der Waals surface area contributed by atoms with Gasteiger partial charge in [-0.1, -0.05) is 13.0 Å². The van der Waals surface area contributed by atoms with Gasteiger partial charge in [0, 0.05) is 52.5 Å². The molecular formula is C35H50N4O5. The minimum atomic E-state index is 0.215. The molecule has 1 N–H and O–H groups in total. The quantitative estimate of drug-likeness (QED) is 0.237. The van der Waals surface area contributed by atoms with Gasteiger partial charge in [-0.3, -0.25) is 4.90 Å². The van der Waals surface area contributed by atoms with Crippen LogP contribution >= 0.6 is 0 Å². The van der Waals surface area contributed by atoms with Crippen molar-refractivity contribution in [1.29, 1.82) is 0 Å². The second kappa shape index (κ2) is 15.0. The highest BCUT2D eigenvalue weighted by atomic mass is 16.5. The fourth-order valence-corrected chi connectivity index (χ4v) is 6.70. The second-order valence-electron chi connectivity index (χ2n) is 12.6. The molecule has 0 bridgehead atoms. The minimum Gasteiger partial charge on any atom is -0.507 e. The predicted octanol–water partition coefficient (Wildman–Crippen LogP) is 5.20. The maximum Gasteiger partial charge on any atom is 0.132 e. The molecule has 1 saturated carbocycles. The van der Waals surface area contributed by atoms with Crippen LogP contribution in [-0.2, 0) is 27.1 Å². The number of benzene rings is 1. The number of aromatic hydroxyl groups is 1. The summed E-state index contributed by atoms with van der Waals surface area (Å²) in [6.45, 7) is 12.0. The molecule has 4 heterocycles. The highest BCUT2D eigenvalue weighted by Gasteiger charge is 2.30. The van der Waals surface area contributed by atoms with Crippen LogP contribution in [-0.4, -0.2) is 99.1 Å². The molecule has 3 aromatic rings. The van der Waals surface area contributed by atoms with Crippen LogP contribution < -0.4 is 9.64 Å². The first kappa shape index (κ1) is 31.1. The third-order valence-electron chi connectivity index (χ3n) is 9.37. The van der Waals surface area contributed by atoms with Crippen molar-refractivity contribution in [3.8, 4) is 22.8 Å². The van der Waals surface area contributed by atoms with Gasteiger partial charge in [-0.2, -0.15) is 5.10 Å². The van der Waals surface area contributed by atoms with Gasteiger partial charge in [0.2, 0.25) is 0 Å². The molecule has 2 aromatic heterocycles. The summed E-state index contributed by atoms with van der Waals surface area (Å²) in [6, 6.07) is 10.2. The molecule has 9 nitrogen and oxygen atoms in total. The van der Waals surface area contributed by atoms with Crippen molar-refractivity contribution in [3.63, 3.8) is 0 Å². The summed E-state index contributed by atoms with van der Waals surface area (Å²) in [7, 11) is 1.67. The average Bonchev–Trinajstić information content (AvgIpc) is 3.79. The lowest BCUT2D eigenvalue weighted by molar-refractivity contribution is 0.0202. The van der Waals surface area contributed by atoms with Crippen LogP contribution in [0.15, 0.2) is 30.3 Å². The Balaban J connectivity index is 1.20. The topological polar surface area (TPSA) is 80.9 Å². The lowest BCUT2D eigenvalue weighted by Crippen LogP contribution is -2.38. The number of methoxy groups -OCH3 is 1. The summed E-state index contributed by atoms with van der Waals surface area (Å²) >= 11 is 0. The van der Waals surface area contributed by atoms with E-state index in [1.54, 1.807) is 7.11 Å². The molecule has 3 fully saturated rings. The first-order chi connectivity index (χ1) is 21.6. The number of aromatic nitrogens is 2. The normalized spacial score (nSPS) is 18.2. The third-order valence-corrected chi connectivity index (χ3v) is 9.37. The molecule has 3 aliphatic rings. The average molecular weight is 607 g/mol. The number of morpholine rings is 1. The number of nitrogens with zero attached hydrogens (tertiary/aromatic N) is 4. The van der Waals surface area contributed by atoms with Crippen LogP contribution in [0.4, 0.5) is 5.69 Å².